The number of benzene rings is 1. The van der Waals surface area contributed by atoms with Gasteiger partial charge in [0.1, 0.15) is 11.6 Å². The summed E-state index contributed by atoms with van der Waals surface area (Å²) >= 11 is 0. The van der Waals surface area contributed by atoms with Crippen molar-refractivity contribution in [2.75, 3.05) is 12.4 Å². The van der Waals surface area contributed by atoms with E-state index in [1.54, 1.807) is 30.3 Å². The van der Waals surface area contributed by atoms with Crippen LogP contribution in [0.15, 0.2) is 42.7 Å². The molecule has 6 nitrogen and oxygen atoms in total. The van der Waals surface area contributed by atoms with Gasteiger partial charge in [0.2, 0.25) is 11.8 Å². The van der Waals surface area contributed by atoms with E-state index in [9.17, 15) is 14.0 Å². The number of nitrogens with one attached hydrogen (secondary N) is 2. The van der Waals surface area contributed by atoms with Crippen LogP contribution in [0.25, 0.3) is 17.0 Å². The van der Waals surface area contributed by atoms with E-state index in [4.69, 9.17) is 0 Å². The molecular weight excluding hydrogens is 383 g/mol. The topological polar surface area (TPSA) is 78.1 Å². The Bertz CT molecular complexity index is 1150. The lowest BCUT2D eigenvalue weighted by Crippen LogP contribution is -2.29. The highest BCUT2D eigenvalue weighted by Gasteiger charge is 2.22. The molecule has 2 aromatic heterocycles. The molecule has 154 valence electrons. The third-order valence-corrected chi connectivity index (χ3v) is 5.52. The minimum absolute atomic E-state index is 0.0298. The van der Waals surface area contributed by atoms with E-state index in [0.717, 1.165) is 27.6 Å². The van der Waals surface area contributed by atoms with Crippen LogP contribution in [0.5, 0.6) is 0 Å². The van der Waals surface area contributed by atoms with E-state index in [1.807, 2.05) is 19.2 Å². The molecule has 7 heteroatoms. The smallest absolute Gasteiger partial charge is 0.246 e. The molecule has 1 aliphatic rings. The number of fused-ring (bicyclic) bond motifs is 2. The number of hydrogen-bond donors (Lipinski definition) is 2. The monoisotopic (exact) mass is 406 g/mol. The molecule has 1 atom stereocenters. The van der Waals surface area contributed by atoms with E-state index in [2.05, 4.69) is 15.3 Å². The van der Waals surface area contributed by atoms with Crippen molar-refractivity contribution in [3.05, 3.63) is 65.2 Å². The van der Waals surface area contributed by atoms with Crippen LogP contribution in [0.4, 0.5) is 10.2 Å². The second kappa shape index (κ2) is 8.10. The van der Waals surface area contributed by atoms with E-state index in [0.29, 0.717) is 25.1 Å². The molecule has 3 heterocycles. The number of likely N-dealkylation sites (N-methyl/N-ethyl adjacent to an activating group) is 1. The molecular formula is C23H23FN4O2. The van der Waals surface area contributed by atoms with Crippen LogP contribution in [0, 0.1) is 5.82 Å². The van der Waals surface area contributed by atoms with Crippen molar-refractivity contribution in [1.29, 1.82) is 0 Å². The summed E-state index contributed by atoms with van der Waals surface area (Å²) in [5, 5.41) is 3.53. The first-order valence-electron chi connectivity index (χ1n) is 9.96. The molecule has 2 N–H and O–H groups in total. The van der Waals surface area contributed by atoms with Gasteiger partial charge in [-0.3, -0.25) is 9.59 Å². The quantitative estimate of drug-likeness (QED) is 0.623. The van der Waals surface area contributed by atoms with E-state index >= 15 is 0 Å². The molecule has 0 fully saturated rings. The summed E-state index contributed by atoms with van der Waals surface area (Å²) in [7, 11) is 1.75. The number of nitrogens with zero attached hydrogens (tertiary/aromatic N) is 2. The second-order valence-electron chi connectivity index (χ2n) is 7.47. The zero-order valence-corrected chi connectivity index (χ0v) is 16.9. The highest BCUT2D eigenvalue weighted by molar-refractivity contribution is 5.94. The van der Waals surface area contributed by atoms with Crippen LogP contribution >= 0.6 is 0 Å². The molecule has 1 unspecified atom stereocenters. The fourth-order valence-corrected chi connectivity index (χ4v) is 3.90. The van der Waals surface area contributed by atoms with Crippen LogP contribution < -0.4 is 5.32 Å². The van der Waals surface area contributed by atoms with Crippen LogP contribution in [-0.4, -0.2) is 33.7 Å². The molecule has 0 saturated heterocycles. The Labute approximate surface area is 173 Å². The number of anilines is 1. The largest absolute Gasteiger partial charge is 0.361 e. The highest BCUT2D eigenvalue weighted by atomic mass is 19.1. The van der Waals surface area contributed by atoms with Crippen LogP contribution in [0.2, 0.25) is 0 Å². The highest BCUT2D eigenvalue weighted by Crippen LogP contribution is 2.31. The average molecular weight is 406 g/mol. The summed E-state index contributed by atoms with van der Waals surface area (Å²) in [6.07, 6.45) is 8.49. The SMILES string of the molecule is CCC(c1c[nH]c2ccc(F)cc12)N(C)C(=O)/C=C/c1cnc2c(c1)CCC(=O)N2. The maximum Gasteiger partial charge on any atom is 0.246 e. The number of hydrogen-bond acceptors (Lipinski definition) is 3. The van der Waals surface area contributed by atoms with E-state index in [1.165, 1.54) is 18.2 Å². The summed E-state index contributed by atoms with van der Waals surface area (Å²) in [6, 6.07) is 6.36. The zero-order valence-electron chi connectivity index (χ0n) is 16.9. The zero-order chi connectivity index (χ0) is 21.3. The Kier molecular flexibility index (Phi) is 5.35. The first kappa shape index (κ1) is 19.8. The first-order valence-corrected chi connectivity index (χ1v) is 9.96. The third-order valence-electron chi connectivity index (χ3n) is 5.52. The Balaban J connectivity index is 1.53. The number of amides is 2. The number of carbonyl (C=O) groups excluding carboxylic acids is 2. The predicted molar refractivity (Wildman–Crippen MR) is 114 cm³/mol. The molecule has 0 radical (unpaired) electrons. The maximum absolute atomic E-state index is 13.7. The molecule has 30 heavy (non-hydrogen) atoms. The number of aryl methyl sites for hydroxylation is 1. The molecule has 1 aliphatic heterocycles. The Morgan fingerprint density at radius 3 is 2.97 bits per heavy atom. The van der Waals surface area contributed by atoms with Gasteiger partial charge in [-0.05, 0) is 59.9 Å². The number of aromatic amines is 1. The summed E-state index contributed by atoms with van der Waals surface area (Å²) in [5.41, 5.74) is 3.49. The van der Waals surface area contributed by atoms with Gasteiger partial charge in [-0.25, -0.2) is 9.37 Å². The molecule has 0 bridgehead atoms. The van der Waals surface area contributed by atoms with Crippen molar-refractivity contribution in [2.24, 2.45) is 0 Å². The molecule has 0 aliphatic carbocycles. The minimum Gasteiger partial charge on any atom is -0.361 e. The Morgan fingerprint density at radius 2 is 2.17 bits per heavy atom. The molecule has 1 aromatic carbocycles. The van der Waals surface area contributed by atoms with Gasteiger partial charge >= 0.3 is 0 Å². The fraction of sp³-hybridized carbons (Fsp3) is 0.261. The molecule has 2 amide bonds. The number of pyridine rings is 1. The summed E-state index contributed by atoms with van der Waals surface area (Å²) in [6.45, 7) is 2.00. The van der Waals surface area contributed by atoms with Gasteiger partial charge in [0.05, 0.1) is 6.04 Å². The normalized spacial score (nSPS) is 14.6. The number of H-pyrrole nitrogens is 1. The summed E-state index contributed by atoms with van der Waals surface area (Å²) < 4.78 is 13.7. The van der Waals surface area contributed by atoms with Crippen LogP contribution in [0.1, 0.15) is 42.5 Å². The lowest BCUT2D eigenvalue weighted by molar-refractivity contribution is -0.126. The minimum atomic E-state index is -0.303. The van der Waals surface area contributed by atoms with Crippen molar-refractivity contribution in [3.63, 3.8) is 0 Å². The third kappa shape index (κ3) is 3.83. The Hall–Kier alpha value is -3.48. The predicted octanol–water partition coefficient (Wildman–Crippen LogP) is 4.21. The Morgan fingerprint density at radius 1 is 1.33 bits per heavy atom. The van der Waals surface area contributed by atoms with Crippen LogP contribution in [0.3, 0.4) is 0 Å². The molecule has 4 rings (SSSR count). The number of carbonyl (C=O) groups is 2. The standard InChI is InChI=1S/C23H23FN4O2/c1-3-20(18-13-25-19-7-6-16(24)11-17(18)19)28(2)22(30)9-4-14-10-15-5-8-21(29)27-23(15)26-12-14/h4,6-7,9-13,20,25H,3,5,8H2,1-2H3,(H,26,27,29)/b9-4+. The molecule has 0 spiro atoms. The van der Waals surface area contributed by atoms with E-state index in [-0.39, 0.29) is 23.7 Å². The van der Waals surface area contributed by atoms with Gasteiger partial charge in [-0.2, -0.15) is 0 Å². The van der Waals surface area contributed by atoms with Crippen molar-refractivity contribution >= 4 is 34.6 Å². The second-order valence-corrected chi connectivity index (χ2v) is 7.47. The van der Waals surface area contributed by atoms with E-state index < -0.39 is 0 Å². The summed E-state index contributed by atoms with van der Waals surface area (Å²) in [5.74, 6) is 0.101. The number of rotatable bonds is 5. The summed E-state index contributed by atoms with van der Waals surface area (Å²) in [4.78, 5) is 33.4. The first-order chi connectivity index (χ1) is 14.5. The number of halogens is 1. The lowest BCUT2D eigenvalue weighted by atomic mass is 10.0. The molecule has 3 aromatic rings. The lowest BCUT2D eigenvalue weighted by Gasteiger charge is -2.26. The van der Waals surface area contributed by atoms with Gasteiger partial charge in [0.15, 0.2) is 0 Å². The number of aromatic nitrogens is 2. The van der Waals surface area contributed by atoms with Crippen molar-refractivity contribution in [2.45, 2.75) is 32.2 Å². The van der Waals surface area contributed by atoms with Gasteiger partial charge in [0, 0.05) is 42.8 Å². The fourth-order valence-electron chi connectivity index (χ4n) is 3.90. The molecule has 0 saturated carbocycles. The van der Waals surface area contributed by atoms with Gasteiger partial charge in [0.25, 0.3) is 0 Å². The van der Waals surface area contributed by atoms with Crippen LogP contribution in [-0.2, 0) is 16.0 Å². The maximum atomic E-state index is 13.7. The van der Waals surface area contributed by atoms with Gasteiger partial charge in [-0.1, -0.05) is 6.92 Å². The van der Waals surface area contributed by atoms with Crippen molar-refractivity contribution in [3.8, 4) is 0 Å². The van der Waals surface area contributed by atoms with Gasteiger partial charge < -0.3 is 15.2 Å². The van der Waals surface area contributed by atoms with Crippen molar-refractivity contribution in [1.82, 2.24) is 14.9 Å². The average Bonchev–Trinajstić information content (AvgIpc) is 3.15. The van der Waals surface area contributed by atoms with Crippen molar-refractivity contribution < 1.29 is 14.0 Å². The van der Waals surface area contributed by atoms with Gasteiger partial charge in [-0.15, -0.1) is 0 Å².